The summed E-state index contributed by atoms with van der Waals surface area (Å²) in [6.45, 7) is 0. The average molecular weight is 269 g/mol. The Morgan fingerprint density at radius 3 is 2.83 bits per heavy atom. The molecule has 1 aromatic heterocycles. The Kier molecular flexibility index (Phi) is 3.96. The number of nitrogens with one attached hydrogen (secondary N) is 1. The first-order chi connectivity index (χ1) is 8.60. The zero-order valence-electron chi connectivity index (χ0n) is 9.90. The Morgan fingerprint density at radius 1 is 1.50 bits per heavy atom. The van der Waals surface area contributed by atoms with Crippen LogP contribution in [0.5, 0.6) is 0 Å². The van der Waals surface area contributed by atoms with Crippen LogP contribution in [0.1, 0.15) is 17.3 Å². The van der Waals surface area contributed by atoms with Gasteiger partial charge in [0.25, 0.3) is 0 Å². The number of hydrogen-bond donors (Lipinski definition) is 2. The summed E-state index contributed by atoms with van der Waals surface area (Å²) in [4.78, 5) is 0. The highest BCUT2D eigenvalue weighted by molar-refractivity contribution is 6.30. The molecule has 1 aromatic carbocycles. The summed E-state index contributed by atoms with van der Waals surface area (Å²) >= 11 is 5.76. The second-order valence-corrected chi connectivity index (χ2v) is 4.48. The monoisotopic (exact) mass is 268 g/mol. The normalized spacial score (nSPS) is 12.7. The van der Waals surface area contributed by atoms with Crippen LogP contribution in [0, 0.1) is 5.82 Å². The second-order valence-electron chi connectivity index (χ2n) is 4.08. The van der Waals surface area contributed by atoms with Crippen LogP contribution in [0.15, 0.2) is 30.5 Å². The minimum Gasteiger partial charge on any atom is -0.276 e. The van der Waals surface area contributed by atoms with Gasteiger partial charge in [0.1, 0.15) is 5.82 Å². The summed E-state index contributed by atoms with van der Waals surface area (Å²) in [5.74, 6) is 5.09. The first-order valence-corrected chi connectivity index (χ1v) is 5.87. The molecule has 0 aliphatic carbocycles. The molecular weight excluding hydrogens is 255 g/mol. The molecule has 2 aromatic rings. The van der Waals surface area contributed by atoms with E-state index in [1.807, 2.05) is 19.3 Å². The van der Waals surface area contributed by atoms with Crippen molar-refractivity contribution in [2.24, 2.45) is 12.9 Å². The fraction of sp³-hybridized carbons (Fsp3) is 0.250. The van der Waals surface area contributed by atoms with Crippen molar-refractivity contribution < 1.29 is 4.39 Å². The Balaban J connectivity index is 2.19. The van der Waals surface area contributed by atoms with Crippen molar-refractivity contribution in [1.82, 2.24) is 15.2 Å². The molecule has 0 spiro atoms. The number of hydrazine groups is 1. The van der Waals surface area contributed by atoms with Gasteiger partial charge in [0.2, 0.25) is 0 Å². The van der Waals surface area contributed by atoms with Crippen molar-refractivity contribution in [2.45, 2.75) is 12.5 Å². The quantitative estimate of drug-likeness (QED) is 0.658. The first kappa shape index (κ1) is 13.0. The summed E-state index contributed by atoms with van der Waals surface area (Å²) in [6, 6.07) is 6.33. The number of hydrogen-bond acceptors (Lipinski definition) is 3. The predicted octanol–water partition coefficient (Wildman–Crippen LogP) is 1.96. The fourth-order valence-electron chi connectivity index (χ4n) is 1.78. The van der Waals surface area contributed by atoms with Crippen LogP contribution in [-0.2, 0) is 13.5 Å². The lowest BCUT2D eigenvalue weighted by atomic mass is 10.0. The van der Waals surface area contributed by atoms with Crippen LogP contribution >= 0.6 is 11.6 Å². The molecule has 1 heterocycles. The van der Waals surface area contributed by atoms with Gasteiger partial charge in [0.05, 0.1) is 16.8 Å². The van der Waals surface area contributed by atoms with Gasteiger partial charge in [0, 0.05) is 19.7 Å². The number of rotatable bonds is 4. The van der Waals surface area contributed by atoms with Gasteiger partial charge in [-0.05, 0) is 23.8 Å². The Morgan fingerprint density at radius 2 is 2.28 bits per heavy atom. The van der Waals surface area contributed by atoms with E-state index in [0.717, 1.165) is 11.3 Å². The maximum absolute atomic E-state index is 13.1. The van der Waals surface area contributed by atoms with Crippen molar-refractivity contribution in [3.05, 3.63) is 52.6 Å². The van der Waals surface area contributed by atoms with Crippen molar-refractivity contribution in [1.29, 1.82) is 0 Å². The van der Waals surface area contributed by atoms with Crippen LogP contribution in [0.3, 0.4) is 0 Å². The molecule has 3 N–H and O–H groups in total. The van der Waals surface area contributed by atoms with Crippen molar-refractivity contribution in [2.75, 3.05) is 0 Å². The molecule has 0 aliphatic rings. The molecule has 0 saturated carbocycles. The zero-order valence-corrected chi connectivity index (χ0v) is 10.7. The molecule has 0 bridgehead atoms. The van der Waals surface area contributed by atoms with Crippen LogP contribution in [-0.4, -0.2) is 9.78 Å². The first-order valence-electron chi connectivity index (χ1n) is 5.49. The smallest absolute Gasteiger partial charge is 0.141 e. The molecule has 0 radical (unpaired) electrons. The summed E-state index contributed by atoms with van der Waals surface area (Å²) in [5.41, 5.74) is 4.42. The maximum Gasteiger partial charge on any atom is 0.141 e. The molecule has 4 nitrogen and oxygen atoms in total. The number of aryl methyl sites for hydroxylation is 1. The molecule has 0 fully saturated rings. The highest BCUT2D eigenvalue weighted by atomic mass is 35.5. The van der Waals surface area contributed by atoms with E-state index in [1.54, 1.807) is 16.8 Å². The van der Waals surface area contributed by atoms with Crippen LogP contribution < -0.4 is 11.3 Å². The topological polar surface area (TPSA) is 55.9 Å². The third kappa shape index (κ3) is 2.87. The van der Waals surface area contributed by atoms with Gasteiger partial charge in [0.15, 0.2) is 0 Å². The zero-order chi connectivity index (χ0) is 13.1. The Labute approximate surface area is 110 Å². The molecular formula is C12H14ClFN4. The SMILES string of the molecule is Cn1ccc(CC(NN)c2ccc(F)c(Cl)c2)n1. The molecule has 1 atom stereocenters. The largest absolute Gasteiger partial charge is 0.276 e. The Hall–Kier alpha value is -1.43. The van der Waals surface area contributed by atoms with E-state index < -0.39 is 5.82 Å². The standard InChI is InChI=1S/C12H14ClFN4/c1-18-5-4-9(17-18)7-12(16-15)8-2-3-11(14)10(13)6-8/h2-6,12,16H,7,15H2,1H3. The summed E-state index contributed by atoms with van der Waals surface area (Å²) in [6.07, 6.45) is 2.47. The summed E-state index contributed by atoms with van der Waals surface area (Å²) < 4.78 is 14.8. The van der Waals surface area contributed by atoms with Gasteiger partial charge in [-0.1, -0.05) is 17.7 Å². The lowest BCUT2D eigenvalue weighted by Crippen LogP contribution is -2.29. The second kappa shape index (κ2) is 5.48. The molecule has 0 saturated heterocycles. The molecule has 2 rings (SSSR count). The van der Waals surface area contributed by atoms with Gasteiger partial charge in [-0.25, -0.2) is 4.39 Å². The van der Waals surface area contributed by atoms with E-state index in [9.17, 15) is 4.39 Å². The van der Waals surface area contributed by atoms with E-state index in [0.29, 0.717) is 6.42 Å². The van der Waals surface area contributed by atoms with Gasteiger partial charge in [-0.2, -0.15) is 5.10 Å². The molecule has 0 aliphatic heterocycles. The fourth-order valence-corrected chi connectivity index (χ4v) is 1.97. The number of nitrogens with zero attached hydrogens (tertiary/aromatic N) is 2. The number of aromatic nitrogens is 2. The van der Waals surface area contributed by atoms with Gasteiger partial charge >= 0.3 is 0 Å². The third-order valence-corrected chi connectivity index (χ3v) is 3.02. The van der Waals surface area contributed by atoms with Crippen molar-refractivity contribution in [3.8, 4) is 0 Å². The molecule has 6 heteroatoms. The minimum atomic E-state index is -0.436. The summed E-state index contributed by atoms with van der Waals surface area (Å²) in [7, 11) is 1.85. The van der Waals surface area contributed by atoms with Crippen LogP contribution in [0.25, 0.3) is 0 Å². The van der Waals surface area contributed by atoms with Crippen LogP contribution in [0.4, 0.5) is 4.39 Å². The average Bonchev–Trinajstić information content (AvgIpc) is 2.75. The lowest BCUT2D eigenvalue weighted by Gasteiger charge is -2.15. The van der Waals surface area contributed by atoms with E-state index in [-0.39, 0.29) is 11.1 Å². The van der Waals surface area contributed by atoms with Crippen LogP contribution in [0.2, 0.25) is 5.02 Å². The van der Waals surface area contributed by atoms with Gasteiger partial charge < -0.3 is 0 Å². The van der Waals surface area contributed by atoms with E-state index >= 15 is 0 Å². The molecule has 1 unspecified atom stereocenters. The van der Waals surface area contributed by atoms with Gasteiger partial charge in [-0.3, -0.25) is 16.0 Å². The lowest BCUT2D eigenvalue weighted by molar-refractivity contribution is 0.539. The Bertz CT molecular complexity index is 541. The van der Waals surface area contributed by atoms with E-state index in [1.165, 1.54) is 6.07 Å². The predicted molar refractivity (Wildman–Crippen MR) is 68.4 cm³/mol. The molecule has 0 amide bonds. The molecule has 18 heavy (non-hydrogen) atoms. The van der Waals surface area contributed by atoms with Gasteiger partial charge in [-0.15, -0.1) is 0 Å². The van der Waals surface area contributed by atoms with Crippen molar-refractivity contribution in [3.63, 3.8) is 0 Å². The van der Waals surface area contributed by atoms with Crippen molar-refractivity contribution >= 4 is 11.6 Å². The minimum absolute atomic E-state index is 0.0915. The highest BCUT2D eigenvalue weighted by Gasteiger charge is 2.13. The summed E-state index contributed by atoms with van der Waals surface area (Å²) in [5, 5.41) is 4.37. The number of benzene rings is 1. The number of nitrogens with two attached hydrogens (primary N) is 1. The maximum atomic E-state index is 13.1. The highest BCUT2D eigenvalue weighted by Crippen LogP contribution is 2.22. The number of halogens is 2. The van der Waals surface area contributed by atoms with E-state index in [2.05, 4.69) is 10.5 Å². The molecule has 96 valence electrons. The third-order valence-electron chi connectivity index (χ3n) is 2.73. The van der Waals surface area contributed by atoms with E-state index in [4.69, 9.17) is 17.4 Å².